The van der Waals surface area contributed by atoms with Crippen LogP contribution in [0.4, 0.5) is 5.82 Å². The zero-order chi connectivity index (χ0) is 10.8. The molecule has 0 amide bonds. The van der Waals surface area contributed by atoms with E-state index < -0.39 is 0 Å². The van der Waals surface area contributed by atoms with Gasteiger partial charge in [-0.15, -0.1) is 0 Å². The lowest BCUT2D eigenvalue weighted by Crippen LogP contribution is -2.40. The van der Waals surface area contributed by atoms with Crippen molar-refractivity contribution in [3.8, 4) is 0 Å². The van der Waals surface area contributed by atoms with E-state index in [9.17, 15) is 0 Å². The van der Waals surface area contributed by atoms with Gasteiger partial charge in [-0.3, -0.25) is 0 Å². The van der Waals surface area contributed by atoms with Gasteiger partial charge in [0.1, 0.15) is 11.3 Å². The number of anilines is 1. The van der Waals surface area contributed by atoms with E-state index in [1.54, 1.807) is 12.5 Å². The summed E-state index contributed by atoms with van der Waals surface area (Å²) >= 11 is 9.74. The maximum Gasteiger partial charge on any atom is 0.150 e. The maximum absolute atomic E-state index is 6.06. The maximum atomic E-state index is 6.06. The van der Waals surface area contributed by atoms with Gasteiger partial charge in [0, 0.05) is 17.9 Å². The highest BCUT2D eigenvalue weighted by Gasteiger charge is 2.25. The third-order valence-electron chi connectivity index (χ3n) is 2.75. The van der Waals surface area contributed by atoms with Crippen LogP contribution in [0.3, 0.4) is 0 Å². The van der Waals surface area contributed by atoms with Gasteiger partial charge in [-0.1, -0.05) is 34.5 Å². The van der Waals surface area contributed by atoms with Crippen LogP contribution in [-0.4, -0.2) is 27.9 Å². The summed E-state index contributed by atoms with van der Waals surface area (Å²) in [5.74, 6) is 1.47. The topological polar surface area (TPSA) is 29.0 Å². The summed E-state index contributed by atoms with van der Waals surface area (Å²) in [7, 11) is 0. The standard InChI is InChI=1S/C10H13BrClN3/c1-7-5-15(3-2-8(7)11)10-9(12)4-13-6-14-10/h4,6-8H,2-3,5H2,1H3. The quantitative estimate of drug-likeness (QED) is 0.745. The second-order valence-electron chi connectivity index (χ2n) is 3.92. The zero-order valence-corrected chi connectivity index (χ0v) is 10.9. The monoisotopic (exact) mass is 289 g/mol. The predicted octanol–water partition coefficient (Wildman–Crippen LogP) is 2.74. The molecule has 0 bridgehead atoms. The van der Waals surface area contributed by atoms with Crippen LogP contribution < -0.4 is 4.90 Å². The van der Waals surface area contributed by atoms with E-state index in [0.717, 1.165) is 25.3 Å². The summed E-state index contributed by atoms with van der Waals surface area (Å²) in [6.45, 7) is 4.23. The summed E-state index contributed by atoms with van der Waals surface area (Å²) in [6, 6.07) is 0. The minimum absolute atomic E-state index is 0.606. The van der Waals surface area contributed by atoms with Gasteiger partial charge in [0.15, 0.2) is 5.82 Å². The Morgan fingerprint density at radius 1 is 1.60 bits per heavy atom. The van der Waals surface area contributed by atoms with Crippen LogP contribution in [-0.2, 0) is 0 Å². The molecule has 0 saturated carbocycles. The smallest absolute Gasteiger partial charge is 0.150 e. The van der Waals surface area contributed by atoms with Crippen molar-refractivity contribution in [3.63, 3.8) is 0 Å². The molecule has 1 aliphatic rings. The first-order valence-electron chi connectivity index (χ1n) is 5.03. The summed E-state index contributed by atoms with van der Waals surface area (Å²) < 4.78 is 0. The molecule has 0 N–H and O–H groups in total. The normalized spacial score (nSPS) is 26.7. The van der Waals surface area contributed by atoms with Crippen molar-refractivity contribution >= 4 is 33.3 Å². The molecule has 1 fully saturated rings. The van der Waals surface area contributed by atoms with Crippen LogP contribution in [0.25, 0.3) is 0 Å². The Balaban J connectivity index is 2.15. The number of halogens is 2. The largest absolute Gasteiger partial charge is 0.355 e. The predicted molar refractivity (Wildman–Crippen MR) is 65.8 cm³/mol. The molecule has 2 rings (SSSR count). The highest BCUT2D eigenvalue weighted by molar-refractivity contribution is 9.09. The van der Waals surface area contributed by atoms with Crippen LogP contribution in [0.2, 0.25) is 5.02 Å². The molecule has 2 unspecified atom stereocenters. The van der Waals surface area contributed by atoms with Gasteiger partial charge in [-0.25, -0.2) is 9.97 Å². The van der Waals surface area contributed by atoms with Crippen molar-refractivity contribution in [1.82, 2.24) is 9.97 Å². The molecule has 1 aromatic heterocycles. The van der Waals surface area contributed by atoms with Gasteiger partial charge in [0.05, 0.1) is 6.20 Å². The number of hydrogen-bond acceptors (Lipinski definition) is 3. The van der Waals surface area contributed by atoms with Gasteiger partial charge >= 0.3 is 0 Å². The molecule has 2 atom stereocenters. The first-order valence-corrected chi connectivity index (χ1v) is 6.32. The summed E-state index contributed by atoms with van der Waals surface area (Å²) in [5, 5.41) is 0.637. The van der Waals surface area contributed by atoms with Crippen molar-refractivity contribution < 1.29 is 0 Å². The van der Waals surface area contributed by atoms with Crippen molar-refractivity contribution in [2.75, 3.05) is 18.0 Å². The Morgan fingerprint density at radius 3 is 3.07 bits per heavy atom. The molecule has 1 aliphatic heterocycles. The first-order chi connectivity index (χ1) is 7.18. The molecule has 0 aliphatic carbocycles. The molecular weight excluding hydrogens is 277 g/mol. The van der Waals surface area contributed by atoms with E-state index in [1.807, 2.05) is 0 Å². The fourth-order valence-corrected chi connectivity index (χ4v) is 2.44. The highest BCUT2D eigenvalue weighted by Crippen LogP contribution is 2.29. The molecule has 2 heterocycles. The molecule has 1 aromatic rings. The van der Waals surface area contributed by atoms with E-state index in [2.05, 4.69) is 37.7 Å². The molecule has 5 heteroatoms. The summed E-state index contributed by atoms with van der Waals surface area (Å²) in [4.78, 5) is 11.0. The minimum atomic E-state index is 0.606. The van der Waals surface area contributed by atoms with Crippen molar-refractivity contribution in [3.05, 3.63) is 17.5 Å². The third kappa shape index (κ3) is 2.42. The molecule has 3 nitrogen and oxygen atoms in total. The summed E-state index contributed by atoms with van der Waals surface area (Å²) in [6.07, 6.45) is 4.32. The second kappa shape index (κ2) is 4.66. The van der Waals surface area contributed by atoms with Gasteiger partial charge in [0.25, 0.3) is 0 Å². The number of nitrogens with zero attached hydrogens (tertiary/aromatic N) is 3. The average Bonchev–Trinajstić information content (AvgIpc) is 2.23. The van der Waals surface area contributed by atoms with Crippen LogP contribution in [0, 0.1) is 5.92 Å². The number of aromatic nitrogens is 2. The highest BCUT2D eigenvalue weighted by atomic mass is 79.9. The molecular formula is C10H13BrClN3. The summed E-state index contributed by atoms with van der Waals surface area (Å²) in [5.41, 5.74) is 0. The number of piperidine rings is 1. The van der Waals surface area contributed by atoms with Gasteiger partial charge < -0.3 is 4.90 Å². The molecule has 0 radical (unpaired) electrons. The van der Waals surface area contributed by atoms with E-state index in [4.69, 9.17) is 11.6 Å². The van der Waals surface area contributed by atoms with Crippen LogP contribution in [0.5, 0.6) is 0 Å². The second-order valence-corrected chi connectivity index (χ2v) is 5.51. The van der Waals surface area contributed by atoms with Crippen molar-refractivity contribution in [1.29, 1.82) is 0 Å². The Labute approximate surface area is 103 Å². The lowest BCUT2D eigenvalue weighted by atomic mass is 10.0. The molecule has 0 aromatic carbocycles. The first kappa shape index (κ1) is 11.1. The van der Waals surface area contributed by atoms with Gasteiger partial charge in [-0.05, 0) is 12.3 Å². The van der Waals surface area contributed by atoms with E-state index in [0.29, 0.717) is 15.8 Å². The Hall–Kier alpha value is -0.350. The van der Waals surface area contributed by atoms with E-state index in [1.165, 1.54) is 0 Å². The van der Waals surface area contributed by atoms with Gasteiger partial charge in [-0.2, -0.15) is 0 Å². The number of hydrogen-bond donors (Lipinski definition) is 0. The molecule has 0 spiro atoms. The minimum Gasteiger partial charge on any atom is -0.355 e. The van der Waals surface area contributed by atoms with Crippen molar-refractivity contribution in [2.45, 2.75) is 18.2 Å². The van der Waals surface area contributed by atoms with Crippen LogP contribution in [0.1, 0.15) is 13.3 Å². The van der Waals surface area contributed by atoms with E-state index in [-0.39, 0.29) is 0 Å². The zero-order valence-electron chi connectivity index (χ0n) is 8.53. The number of alkyl halides is 1. The SMILES string of the molecule is CC1CN(c2ncncc2Cl)CCC1Br. The lowest BCUT2D eigenvalue weighted by Gasteiger charge is -2.35. The molecule has 1 saturated heterocycles. The Bertz CT molecular complexity index is 347. The van der Waals surface area contributed by atoms with Crippen LogP contribution in [0.15, 0.2) is 12.5 Å². The Morgan fingerprint density at radius 2 is 2.40 bits per heavy atom. The molecule has 82 valence electrons. The third-order valence-corrected chi connectivity index (χ3v) is 4.38. The Kier molecular flexibility index (Phi) is 3.46. The van der Waals surface area contributed by atoms with E-state index >= 15 is 0 Å². The lowest BCUT2D eigenvalue weighted by molar-refractivity contribution is 0.463. The molecule has 15 heavy (non-hydrogen) atoms. The van der Waals surface area contributed by atoms with Crippen molar-refractivity contribution in [2.24, 2.45) is 5.92 Å². The number of rotatable bonds is 1. The average molecular weight is 291 g/mol. The van der Waals surface area contributed by atoms with Gasteiger partial charge in [0.2, 0.25) is 0 Å². The van der Waals surface area contributed by atoms with Crippen LogP contribution >= 0.6 is 27.5 Å². The fraction of sp³-hybridized carbons (Fsp3) is 0.600. The fourth-order valence-electron chi connectivity index (χ4n) is 1.85.